The normalized spacial score (nSPS) is 15.3. The highest BCUT2D eigenvalue weighted by atomic mass is 32.1. The molecule has 4 nitrogen and oxygen atoms in total. The van der Waals surface area contributed by atoms with Crippen molar-refractivity contribution in [1.82, 2.24) is 10.3 Å². The molecule has 22 heavy (non-hydrogen) atoms. The fourth-order valence-electron chi connectivity index (χ4n) is 2.25. The van der Waals surface area contributed by atoms with E-state index in [1.165, 1.54) is 0 Å². The number of thiazole rings is 1. The van der Waals surface area contributed by atoms with E-state index in [1.54, 1.807) is 18.4 Å². The van der Waals surface area contributed by atoms with Crippen molar-refractivity contribution in [3.8, 4) is 5.75 Å². The van der Waals surface area contributed by atoms with E-state index in [2.05, 4.69) is 29.5 Å². The Morgan fingerprint density at radius 3 is 2.82 bits per heavy atom. The van der Waals surface area contributed by atoms with Gasteiger partial charge in [0.2, 0.25) is 0 Å². The summed E-state index contributed by atoms with van der Waals surface area (Å²) in [6.45, 7) is 6.72. The molecule has 1 aromatic heterocycles. The monoisotopic (exact) mass is 320 g/mol. The zero-order valence-electron chi connectivity index (χ0n) is 13.6. The lowest BCUT2D eigenvalue weighted by Gasteiger charge is -2.29. The van der Waals surface area contributed by atoms with Gasteiger partial charge in [-0.1, -0.05) is 19.1 Å². The van der Waals surface area contributed by atoms with Crippen molar-refractivity contribution in [2.45, 2.75) is 38.8 Å². The summed E-state index contributed by atoms with van der Waals surface area (Å²) in [7, 11) is 1.63. The number of aryl methyl sites for hydroxylation is 1. The number of ether oxygens (including phenoxy) is 1. The smallest absolute Gasteiger partial charge is 0.119 e. The van der Waals surface area contributed by atoms with Crippen LogP contribution in [-0.2, 0) is 5.54 Å². The van der Waals surface area contributed by atoms with Gasteiger partial charge in [-0.3, -0.25) is 0 Å². The van der Waals surface area contributed by atoms with Crippen molar-refractivity contribution in [3.63, 3.8) is 0 Å². The molecule has 0 saturated heterocycles. The number of rotatable bonds is 7. The number of nitrogens with one attached hydrogen (secondary N) is 1. The summed E-state index contributed by atoms with van der Waals surface area (Å²) in [5.74, 6) is 0.755. The van der Waals surface area contributed by atoms with Crippen molar-refractivity contribution >= 4 is 11.3 Å². The van der Waals surface area contributed by atoms with Crippen molar-refractivity contribution in [2.24, 2.45) is 0 Å². The van der Waals surface area contributed by atoms with E-state index >= 15 is 0 Å². The first kappa shape index (κ1) is 16.9. The summed E-state index contributed by atoms with van der Waals surface area (Å²) >= 11 is 1.66. The fourth-order valence-corrected chi connectivity index (χ4v) is 3.26. The number of methoxy groups -OCH3 is 1. The molecule has 1 aromatic carbocycles. The minimum atomic E-state index is -0.581. The molecule has 0 amide bonds. The predicted octanol–water partition coefficient (Wildman–Crippen LogP) is 3.41. The molecule has 120 valence electrons. The first-order valence-corrected chi connectivity index (χ1v) is 8.36. The van der Waals surface area contributed by atoms with Gasteiger partial charge in [-0.15, -0.1) is 11.3 Å². The number of nitrogens with zero attached hydrogens (tertiary/aromatic N) is 1. The van der Waals surface area contributed by atoms with E-state index < -0.39 is 6.10 Å². The van der Waals surface area contributed by atoms with Gasteiger partial charge in [-0.2, -0.15) is 0 Å². The molecule has 0 saturated carbocycles. The standard InChI is InChI=1S/C17H24N2O2S/c1-5-17(3,16-19-12(2)11-22-16)18-10-15(20)13-7-6-8-14(9-13)21-4/h6-9,11,15,18,20H,5,10H2,1-4H3. The maximum absolute atomic E-state index is 10.4. The second kappa shape index (κ2) is 7.22. The highest BCUT2D eigenvalue weighted by Crippen LogP contribution is 2.28. The number of hydrogen-bond donors (Lipinski definition) is 2. The highest BCUT2D eigenvalue weighted by Gasteiger charge is 2.28. The molecule has 2 unspecified atom stereocenters. The molecular formula is C17H24N2O2S. The van der Waals surface area contributed by atoms with Crippen LogP contribution in [0.2, 0.25) is 0 Å². The van der Waals surface area contributed by atoms with Crippen LogP contribution in [0.3, 0.4) is 0 Å². The molecule has 0 fully saturated rings. The molecule has 2 N–H and O–H groups in total. The Morgan fingerprint density at radius 1 is 1.45 bits per heavy atom. The van der Waals surface area contributed by atoms with Crippen LogP contribution in [0, 0.1) is 6.92 Å². The Morgan fingerprint density at radius 2 is 2.23 bits per heavy atom. The molecule has 0 spiro atoms. The summed E-state index contributed by atoms with van der Waals surface area (Å²) in [6, 6.07) is 7.54. The maximum atomic E-state index is 10.4. The first-order valence-electron chi connectivity index (χ1n) is 7.48. The van der Waals surface area contributed by atoms with E-state index in [-0.39, 0.29) is 5.54 Å². The van der Waals surface area contributed by atoms with Gasteiger partial charge in [0.05, 0.1) is 18.8 Å². The Bertz CT molecular complexity index is 614. The van der Waals surface area contributed by atoms with Crippen LogP contribution in [0.4, 0.5) is 0 Å². The van der Waals surface area contributed by atoms with Crippen LogP contribution in [0.1, 0.15) is 42.6 Å². The van der Waals surface area contributed by atoms with Crippen LogP contribution in [-0.4, -0.2) is 23.7 Å². The number of aromatic nitrogens is 1. The molecule has 0 bridgehead atoms. The first-order chi connectivity index (χ1) is 10.5. The van der Waals surface area contributed by atoms with Gasteiger partial charge >= 0.3 is 0 Å². The van der Waals surface area contributed by atoms with Gasteiger partial charge in [-0.05, 0) is 38.0 Å². The van der Waals surface area contributed by atoms with Gasteiger partial charge in [0, 0.05) is 17.6 Å². The lowest BCUT2D eigenvalue weighted by atomic mass is 9.98. The van der Waals surface area contributed by atoms with Gasteiger partial charge in [-0.25, -0.2) is 4.98 Å². The van der Waals surface area contributed by atoms with Crippen molar-refractivity contribution < 1.29 is 9.84 Å². The summed E-state index contributed by atoms with van der Waals surface area (Å²) < 4.78 is 5.20. The van der Waals surface area contributed by atoms with Crippen LogP contribution in [0.25, 0.3) is 0 Å². The topological polar surface area (TPSA) is 54.4 Å². The molecule has 0 radical (unpaired) electrons. The summed E-state index contributed by atoms with van der Waals surface area (Å²) in [4.78, 5) is 4.59. The number of aliphatic hydroxyl groups excluding tert-OH is 1. The third kappa shape index (κ3) is 3.85. The van der Waals surface area contributed by atoms with E-state index in [0.29, 0.717) is 6.54 Å². The highest BCUT2D eigenvalue weighted by molar-refractivity contribution is 7.09. The molecule has 2 atom stereocenters. The van der Waals surface area contributed by atoms with E-state index in [0.717, 1.165) is 28.4 Å². The molecule has 0 aliphatic heterocycles. The molecule has 1 heterocycles. The molecule has 5 heteroatoms. The minimum Gasteiger partial charge on any atom is -0.497 e. The Kier molecular flexibility index (Phi) is 5.56. The van der Waals surface area contributed by atoms with Gasteiger partial charge < -0.3 is 15.2 Å². The fraction of sp³-hybridized carbons (Fsp3) is 0.471. The summed E-state index contributed by atoms with van der Waals surface area (Å²) in [5.41, 5.74) is 1.66. The van der Waals surface area contributed by atoms with Crippen LogP contribution in [0.5, 0.6) is 5.75 Å². The Labute approximate surface area is 136 Å². The third-order valence-electron chi connectivity index (χ3n) is 3.96. The average molecular weight is 320 g/mol. The zero-order valence-corrected chi connectivity index (χ0v) is 14.4. The lowest BCUT2D eigenvalue weighted by molar-refractivity contribution is 0.156. The van der Waals surface area contributed by atoms with Gasteiger partial charge in [0.1, 0.15) is 10.8 Å². The molecule has 2 aromatic rings. The quantitative estimate of drug-likeness (QED) is 0.821. The molecular weight excluding hydrogens is 296 g/mol. The minimum absolute atomic E-state index is 0.223. The molecule has 0 aliphatic carbocycles. The van der Waals surface area contributed by atoms with Crippen molar-refractivity contribution in [3.05, 3.63) is 45.9 Å². The second-order valence-electron chi connectivity index (χ2n) is 5.65. The average Bonchev–Trinajstić information content (AvgIpc) is 2.99. The van der Waals surface area contributed by atoms with Crippen LogP contribution >= 0.6 is 11.3 Å². The van der Waals surface area contributed by atoms with E-state index in [9.17, 15) is 5.11 Å². The number of benzene rings is 1. The van der Waals surface area contributed by atoms with E-state index in [1.807, 2.05) is 31.2 Å². The second-order valence-corrected chi connectivity index (χ2v) is 6.51. The lowest BCUT2D eigenvalue weighted by Crippen LogP contribution is -2.41. The van der Waals surface area contributed by atoms with Gasteiger partial charge in [0.25, 0.3) is 0 Å². The van der Waals surface area contributed by atoms with Crippen molar-refractivity contribution in [1.29, 1.82) is 0 Å². The van der Waals surface area contributed by atoms with Crippen molar-refractivity contribution in [2.75, 3.05) is 13.7 Å². The van der Waals surface area contributed by atoms with E-state index in [4.69, 9.17) is 4.74 Å². The number of aliphatic hydroxyl groups is 1. The predicted molar refractivity (Wildman–Crippen MR) is 90.5 cm³/mol. The molecule has 2 rings (SSSR count). The van der Waals surface area contributed by atoms with Crippen LogP contribution in [0.15, 0.2) is 29.6 Å². The van der Waals surface area contributed by atoms with Gasteiger partial charge in [0.15, 0.2) is 0 Å². The Balaban J connectivity index is 2.06. The largest absolute Gasteiger partial charge is 0.497 e. The summed E-state index contributed by atoms with van der Waals surface area (Å²) in [6.07, 6.45) is 0.326. The summed E-state index contributed by atoms with van der Waals surface area (Å²) in [5, 5.41) is 17.0. The SMILES string of the molecule is CCC(C)(NCC(O)c1cccc(OC)c1)c1nc(C)cs1. The van der Waals surface area contributed by atoms with Crippen LogP contribution < -0.4 is 10.1 Å². The third-order valence-corrected chi connectivity index (χ3v) is 5.19. The molecule has 0 aliphatic rings. The Hall–Kier alpha value is -1.43. The number of hydrogen-bond acceptors (Lipinski definition) is 5. The maximum Gasteiger partial charge on any atom is 0.119 e. The zero-order chi connectivity index (χ0) is 16.2.